The van der Waals surface area contributed by atoms with E-state index in [1.165, 1.54) is 0 Å². The molecule has 1 rings (SSSR count). The molecule has 112 valence electrons. The van der Waals surface area contributed by atoms with E-state index in [-0.39, 0.29) is 11.5 Å². The first kappa shape index (κ1) is 16.1. The Morgan fingerprint density at radius 3 is 2.70 bits per heavy atom. The molecule has 1 aromatic heterocycles. The monoisotopic (exact) mass is 283 g/mol. The molecule has 0 aliphatic carbocycles. The number of anilines is 2. The van der Waals surface area contributed by atoms with Gasteiger partial charge in [-0.25, -0.2) is 4.98 Å². The summed E-state index contributed by atoms with van der Waals surface area (Å²) in [6.07, 6.45) is 1.74. The summed E-state index contributed by atoms with van der Waals surface area (Å²) < 4.78 is 5.35. The lowest BCUT2D eigenvalue weighted by molar-refractivity contribution is -0.385. The molecule has 0 unspecified atom stereocenters. The first-order valence-corrected chi connectivity index (χ1v) is 6.62. The maximum Gasteiger partial charge on any atom is 0.332 e. The molecule has 0 spiro atoms. The first-order chi connectivity index (χ1) is 9.60. The number of rotatable bonds is 9. The Bertz CT molecular complexity index is 453. The minimum atomic E-state index is -0.468. The number of hydrogen-bond donors (Lipinski definition) is 2. The van der Waals surface area contributed by atoms with Gasteiger partial charge in [0.25, 0.3) is 0 Å². The van der Waals surface area contributed by atoms with Crippen molar-refractivity contribution in [2.45, 2.75) is 26.7 Å². The summed E-state index contributed by atoms with van der Waals surface area (Å²) in [4.78, 5) is 18.7. The molecule has 0 saturated heterocycles. The van der Waals surface area contributed by atoms with Crippen LogP contribution >= 0.6 is 0 Å². The summed E-state index contributed by atoms with van der Waals surface area (Å²) in [5.74, 6) is 0.597. The molecule has 1 heterocycles. The van der Waals surface area contributed by atoms with Gasteiger partial charge in [-0.2, -0.15) is 4.98 Å². The summed E-state index contributed by atoms with van der Waals surface area (Å²) in [7, 11) is 1.67. The van der Waals surface area contributed by atoms with E-state index < -0.39 is 4.92 Å². The van der Waals surface area contributed by atoms with Crippen molar-refractivity contribution in [1.29, 1.82) is 0 Å². The zero-order valence-electron chi connectivity index (χ0n) is 12.1. The Balaban J connectivity index is 2.67. The van der Waals surface area contributed by atoms with Crippen LogP contribution in [0.1, 0.15) is 25.5 Å². The Hall–Kier alpha value is -1.96. The molecular weight excluding hydrogens is 262 g/mol. The van der Waals surface area contributed by atoms with Crippen molar-refractivity contribution in [3.05, 3.63) is 15.8 Å². The van der Waals surface area contributed by atoms with Gasteiger partial charge in [0.05, 0.1) is 4.92 Å². The van der Waals surface area contributed by atoms with E-state index in [1.807, 2.05) is 6.92 Å². The molecule has 0 saturated carbocycles. The van der Waals surface area contributed by atoms with Gasteiger partial charge in [0.2, 0.25) is 11.8 Å². The number of aryl methyl sites for hydroxylation is 1. The largest absolute Gasteiger partial charge is 0.381 e. The predicted octanol–water partition coefficient (Wildman–Crippen LogP) is 1.96. The predicted molar refractivity (Wildman–Crippen MR) is 77.2 cm³/mol. The van der Waals surface area contributed by atoms with Crippen molar-refractivity contribution < 1.29 is 9.66 Å². The smallest absolute Gasteiger partial charge is 0.332 e. The van der Waals surface area contributed by atoms with Gasteiger partial charge >= 0.3 is 5.69 Å². The number of aromatic nitrogens is 2. The fraction of sp³-hybridized carbons (Fsp3) is 0.667. The molecule has 8 nitrogen and oxygen atoms in total. The van der Waals surface area contributed by atoms with Gasteiger partial charge in [0.1, 0.15) is 5.69 Å². The second-order valence-electron chi connectivity index (χ2n) is 4.23. The van der Waals surface area contributed by atoms with Crippen molar-refractivity contribution in [3.8, 4) is 0 Å². The third kappa shape index (κ3) is 4.61. The molecule has 0 bridgehead atoms. The molecule has 0 aliphatic heterocycles. The first-order valence-electron chi connectivity index (χ1n) is 6.62. The van der Waals surface area contributed by atoms with Crippen molar-refractivity contribution >= 4 is 17.5 Å². The van der Waals surface area contributed by atoms with Gasteiger partial charge in [-0.05, 0) is 19.8 Å². The van der Waals surface area contributed by atoms with Crippen LogP contribution in [0.3, 0.4) is 0 Å². The fourth-order valence-corrected chi connectivity index (χ4v) is 1.65. The van der Waals surface area contributed by atoms with Crippen LogP contribution in [0.5, 0.6) is 0 Å². The number of nitrogens with one attached hydrogen (secondary N) is 2. The van der Waals surface area contributed by atoms with E-state index in [0.717, 1.165) is 19.4 Å². The fourth-order valence-electron chi connectivity index (χ4n) is 1.65. The van der Waals surface area contributed by atoms with E-state index >= 15 is 0 Å². The normalized spacial score (nSPS) is 10.3. The van der Waals surface area contributed by atoms with Crippen LogP contribution in [0.4, 0.5) is 17.5 Å². The minimum Gasteiger partial charge on any atom is -0.381 e. The highest BCUT2D eigenvalue weighted by atomic mass is 16.6. The van der Waals surface area contributed by atoms with Crippen molar-refractivity contribution in [2.75, 3.05) is 37.4 Å². The topological polar surface area (TPSA) is 102 Å². The van der Waals surface area contributed by atoms with Crippen LogP contribution in [0.15, 0.2) is 0 Å². The molecule has 0 aromatic carbocycles. The van der Waals surface area contributed by atoms with E-state index in [9.17, 15) is 10.1 Å². The molecule has 0 radical (unpaired) electrons. The van der Waals surface area contributed by atoms with E-state index in [2.05, 4.69) is 20.6 Å². The average Bonchev–Trinajstić information content (AvgIpc) is 2.41. The average molecular weight is 283 g/mol. The molecule has 0 fully saturated rings. The molecule has 0 aliphatic rings. The number of nitro groups is 1. The molecule has 0 amide bonds. The van der Waals surface area contributed by atoms with Gasteiger partial charge in [-0.1, -0.05) is 6.92 Å². The maximum atomic E-state index is 11.1. The highest BCUT2D eigenvalue weighted by Crippen LogP contribution is 2.26. The van der Waals surface area contributed by atoms with E-state index in [4.69, 9.17) is 4.74 Å². The van der Waals surface area contributed by atoms with Crippen LogP contribution in [-0.2, 0) is 4.74 Å². The van der Waals surface area contributed by atoms with E-state index in [0.29, 0.717) is 24.8 Å². The lowest BCUT2D eigenvalue weighted by Gasteiger charge is -2.09. The van der Waals surface area contributed by atoms with Gasteiger partial charge < -0.3 is 15.4 Å². The molecule has 1 aromatic rings. The lowest BCUT2D eigenvalue weighted by atomic mass is 10.3. The Morgan fingerprint density at radius 2 is 2.10 bits per heavy atom. The van der Waals surface area contributed by atoms with Crippen LogP contribution < -0.4 is 10.6 Å². The quantitative estimate of drug-likeness (QED) is 0.405. The van der Waals surface area contributed by atoms with Gasteiger partial charge in [0, 0.05) is 26.8 Å². The standard InChI is InChI=1S/C12H21N5O3/c1-4-7-20-8-5-6-14-11-10(17(18)19)9(2)15-12(13-3)16-11/h4-8H2,1-3H3,(H2,13,14,15,16). The molecular formula is C12H21N5O3. The minimum absolute atomic E-state index is 0.0847. The summed E-state index contributed by atoms with van der Waals surface area (Å²) in [6.45, 7) is 5.55. The van der Waals surface area contributed by atoms with Crippen molar-refractivity contribution in [2.24, 2.45) is 0 Å². The summed E-state index contributed by atoms with van der Waals surface area (Å²) >= 11 is 0. The summed E-state index contributed by atoms with van der Waals surface area (Å²) in [6, 6.07) is 0. The SMILES string of the molecule is CCCOCCCNc1nc(NC)nc(C)c1[N+](=O)[O-]. The number of hydrogen-bond acceptors (Lipinski definition) is 7. The van der Waals surface area contributed by atoms with Crippen LogP contribution in [-0.4, -0.2) is 41.7 Å². The number of ether oxygens (including phenoxy) is 1. The summed E-state index contributed by atoms with van der Waals surface area (Å²) in [5, 5.41) is 16.8. The maximum absolute atomic E-state index is 11.1. The van der Waals surface area contributed by atoms with Crippen LogP contribution in [0.25, 0.3) is 0 Å². The molecule has 0 atom stereocenters. The Labute approximate surface area is 118 Å². The van der Waals surface area contributed by atoms with Gasteiger partial charge in [0.15, 0.2) is 0 Å². The summed E-state index contributed by atoms with van der Waals surface area (Å²) in [5.41, 5.74) is 0.248. The molecule has 20 heavy (non-hydrogen) atoms. The third-order valence-corrected chi connectivity index (χ3v) is 2.57. The zero-order chi connectivity index (χ0) is 15.0. The Morgan fingerprint density at radius 1 is 1.35 bits per heavy atom. The lowest BCUT2D eigenvalue weighted by Crippen LogP contribution is -2.12. The zero-order valence-corrected chi connectivity index (χ0v) is 12.1. The second kappa shape index (κ2) is 8.26. The van der Waals surface area contributed by atoms with Crippen molar-refractivity contribution in [3.63, 3.8) is 0 Å². The Kier molecular flexibility index (Phi) is 6.65. The van der Waals surface area contributed by atoms with Crippen LogP contribution in [0, 0.1) is 17.0 Å². The highest BCUT2D eigenvalue weighted by molar-refractivity contribution is 5.60. The van der Waals surface area contributed by atoms with Crippen molar-refractivity contribution in [1.82, 2.24) is 9.97 Å². The number of nitrogens with zero attached hydrogens (tertiary/aromatic N) is 3. The second-order valence-corrected chi connectivity index (χ2v) is 4.23. The van der Waals surface area contributed by atoms with Gasteiger partial charge in [-0.15, -0.1) is 0 Å². The van der Waals surface area contributed by atoms with Gasteiger partial charge in [-0.3, -0.25) is 10.1 Å². The molecule has 8 heteroatoms. The van der Waals surface area contributed by atoms with Crippen LogP contribution in [0.2, 0.25) is 0 Å². The molecule has 2 N–H and O–H groups in total. The highest BCUT2D eigenvalue weighted by Gasteiger charge is 2.21. The third-order valence-electron chi connectivity index (χ3n) is 2.57. The van der Waals surface area contributed by atoms with E-state index in [1.54, 1.807) is 14.0 Å².